The molecule has 0 aromatic carbocycles. The molecule has 0 aromatic heterocycles. The maximum Gasteiger partial charge on any atom is 0.193 e. The van der Waals surface area contributed by atoms with Crippen molar-refractivity contribution in [3.05, 3.63) is 0 Å². The summed E-state index contributed by atoms with van der Waals surface area (Å²) >= 11 is 0. The minimum absolute atomic E-state index is 0.0797. The molecule has 1 N–H and O–H groups in total. The summed E-state index contributed by atoms with van der Waals surface area (Å²) in [5.74, 6) is 1.02. The topological polar surface area (TPSA) is 71.0 Å². The number of nitrogens with zero attached hydrogens (tertiary/aromatic N) is 2. The summed E-state index contributed by atoms with van der Waals surface area (Å²) in [6.45, 7) is 3.59. The Morgan fingerprint density at radius 3 is 2.64 bits per heavy atom. The maximum atomic E-state index is 11.0. The lowest BCUT2D eigenvalue weighted by Crippen LogP contribution is -2.42. The van der Waals surface area contributed by atoms with Gasteiger partial charge in [-0.15, -0.1) is 0 Å². The molecule has 0 amide bonds. The molecule has 22 heavy (non-hydrogen) atoms. The van der Waals surface area contributed by atoms with E-state index in [1.165, 1.54) is 38.4 Å². The number of rotatable bonds is 6. The van der Waals surface area contributed by atoms with E-state index in [4.69, 9.17) is 4.74 Å². The van der Waals surface area contributed by atoms with E-state index < -0.39 is 9.84 Å². The lowest BCUT2D eigenvalue weighted by atomic mass is 9.86. The van der Waals surface area contributed by atoms with Gasteiger partial charge in [0.2, 0.25) is 0 Å². The predicted molar refractivity (Wildman–Crippen MR) is 89.0 cm³/mol. The normalized spacial score (nSPS) is 21.7. The van der Waals surface area contributed by atoms with E-state index in [0.717, 1.165) is 19.0 Å². The average molecular weight is 331 g/mol. The van der Waals surface area contributed by atoms with E-state index in [0.29, 0.717) is 18.6 Å². The van der Waals surface area contributed by atoms with Gasteiger partial charge in [-0.2, -0.15) is 0 Å². The zero-order valence-corrected chi connectivity index (χ0v) is 14.6. The van der Waals surface area contributed by atoms with E-state index in [2.05, 4.69) is 15.2 Å². The standard InChI is InChI=1S/C15H29N3O3S/c1-16-14(17-8-10-21-11-12-22(2,19)20)18-9-7-15(13-18)5-3-4-6-15/h3-13H2,1-2H3,(H,16,17). The smallest absolute Gasteiger partial charge is 0.193 e. The number of guanidine groups is 1. The van der Waals surface area contributed by atoms with Crippen LogP contribution in [0.15, 0.2) is 4.99 Å². The second kappa shape index (κ2) is 7.64. The van der Waals surface area contributed by atoms with Gasteiger partial charge in [0.15, 0.2) is 5.96 Å². The Hall–Kier alpha value is -0.820. The van der Waals surface area contributed by atoms with Crippen molar-refractivity contribution < 1.29 is 13.2 Å². The molecule has 0 unspecified atom stereocenters. The Balaban J connectivity index is 1.66. The third-order valence-corrected chi connectivity index (χ3v) is 5.65. The summed E-state index contributed by atoms with van der Waals surface area (Å²) < 4.78 is 27.3. The molecule has 0 atom stereocenters. The lowest BCUT2D eigenvalue weighted by molar-refractivity contribution is 0.153. The zero-order chi connectivity index (χ0) is 16.1. The van der Waals surface area contributed by atoms with Crippen LogP contribution in [0.1, 0.15) is 32.1 Å². The third kappa shape index (κ3) is 5.12. The first kappa shape index (κ1) is 17.5. The maximum absolute atomic E-state index is 11.0. The number of aliphatic imine (C=N–C) groups is 1. The Kier molecular flexibility index (Phi) is 6.09. The highest BCUT2D eigenvalue weighted by Gasteiger charge is 2.40. The molecule has 2 aliphatic rings. The van der Waals surface area contributed by atoms with Gasteiger partial charge < -0.3 is 15.0 Å². The molecule has 1 saturated carbocycles. The fourth-order valence-electron chi connectivity index (χ4n) is 3.53. The SMILES string of the molecule is CN=C(NCCOCCS(C)(=O)=O)N1CCC2(CCCC2)C1. The van der Waals surface area contributed by atoms with Crippen LogP contribution in [0.5, 0.6) is 0 Å². The minimum atomic E-state index is -2.94. The van der Waals surface area contributed by atoms with Crippen LogP contribution >= 0.6 is 0 Å². The number of hydrogen-bond donors (Lipinski definition) is 1. The molecule has 1 saturated heterocycles. The van der Waals surface area contributed by atoms with Crippen molar-refractivity contribution >= 4 is 15.8 Å². The van der Waals surface area contributed by atoms with Gasteiger partial charge in [0, 0.05) is 32.9 Å². The van der Waals surface area contributed by atoms with Crippen molar-refractivity contribution in [1.82, 2.24) is 10.2 Å². The molecule has 1 heterocycles. The van der Waals surface area contributed by atoms with Crippen LogP contribution in [0.25, 0.3) is 0 Å². The highest BCUT2D eigenvalue weighted by molar-refractivity contribution is 7.90. The van der Waals surface area contributed by atoms with Gasteiger partial charge in [-0.05, 0) is 24.7 Å². The molecular formula is C15H29N3O3S. The monoisotopic (exact) mass is 331 g/mol. The average Bonchev–Trinajstić information content (AvgIpc) is 3.08. The Morgan fingerprint density at radius 1 is 1.27 bits per heavy atom. The van der Waals surface area contributed by atoms with E-state index in [-0.39, 0.29) is 12.4 Å². The summed E-state index contributed by atoms with van der Waals surface area (Å²) in [6.07, 6.45) is 7.95. The summed E-state index contributed by atoms with van der Waals surface area (Å²) in [5.41, 5.74) is 0.531. The summed E-state index contributed by atoms with van der Waals surface area (Å²) in [4.78, 5) is 6.71. The molecule has 0 radical (unpaired) electrons. The predicted octanol–water partition coefficient (Wildman–Crippen LogP) is 0.889. The van der Waals surface area contributed by atoms with Crippen LogP contribution in [-0.4, -0.2) is 71.2 Å². The number of likely N-dealkylation sites (tertiary alicyclic amines) is 1. The first-order valence-corrected chi connectivity index (χ1v) is 10.2. The zero-order valence-electron chi connectivity index (χ0n) is 13.8. The molecule has 2 fully saturated rings. The Labute approximate surface area is 134 Å². The molecule has 1 aliphatic carbocycles. The summed E-state index contributed by atoms with van der Waals surface area (Å²) in [7, 11) is -1.12. The molecule has 128 valence electrons. The molecule has 0 aromatic rings. The molecular weight excluding hydrogens is 302 g/mol. The van der Waals surface area contributed by atoms with Crippen LogP contribution in [0.4, 0.5) is 0 Å². The van der Waals surface area contributed by atoms with Crippen molar-refractivity contribution in [2.24, 2.45) is 10.4 Å². The summed E-state index contributed by atoms with van der Waals surface area (Å²) in [6, 6.07) is 0. The van der Waals surface area contributed by atoms with Crippen LogP contribution in [0.2, 0.25) is 0 Å². The van der Waals surface area contributed by atoms with Crippen LogP contribution in [-0.2, 0) is 14.6 Å². The Bertz CT molecular complexity index is 484. The van der Waals surface area contributed by atoms with E-state index in [9.17, 15) is 8.42 Å². The molecule has 7 heteroatoms. The van der Waals surface area contributed by atoms with Crippen molar-refractivity contribution in [2.45, 2.75) is 32.1 Å². The van der Waals surface area contributed by atoms with Crippen molar-refractivity contribution in [3.8, 4) is 0 Å². The van der Waals surface area contributed by atoms with Gasteiger partial charge in [-0.3, -0.25) is 4.99 Å². The molecule has 0 bridgehead atoms. The minimum Gasteiger partial charge on any atom is -0.379 e. The molecule has 1 aliphatic heterocycles. The number of nitrogens with one attached hydrogen (secondary N) is 1. The van der Waals surface area contributed by atoms with Crippen LogP contribution in [0.3, 0.4) is 0 Å². The van der Waals surface area contributed by atoms with Crippen molar-refractivity contribution in [1.29, 1.82) is 0 Å². The van der Waals surface area contributed by atoms with Gasteiger partial charge in [-0.25, -0.2) is 8.42 Å². The highest BCUT2D eigenvalue weighted by atomic mass is 32.2. The van der Waals surface area contributed by atoms with Gasteiger partial charge in [-0.1, -0.05) is 12.8 Å². The number of ether oxygens (including phenoxy) is 1. The first-order valence-electron chi connectivity index (χ1n) is 8.15. The van der Waals surface area contributed by atoms with Gasteiger partial charge in [0.05, 0.1) is 19.0 Å². The molecule has 1 spiro atoms. The van der Waals surface area contributed by atoms with Gasteiger partial charge in [0.25, 0.3) is 0 Å². The first-order chi connectivity index (χ1) is 10.4. The van der Waals surface area contributed by atoms with Gasteiger partial charge >= 0.3 is 0 Å². The third-order valence-electron chi connectivity index (χ3n) is 4.74. The quantitative estimate of drug-likeness (QED) is 0.445. The lowest BCUT2D eigenvalue weighted by Gasteiger charge is -2.25. The number of sulfone groups is 1. The van der Waals surface area contributed by atoms with Crippen molar-refractivity contribution in [2.75, 3.05) is 51.9 Å². The van der Waals surface area contributed by atoms with E-state index >= 15 is 0 Å². The van der Waals surface area contributed by atoms with Crippen LogP contribution < -0.4 is 5.32 Å². The van der Waals surface area contributed by atoms with Crippen molar-refractivity contribution in [3.63, 3.8) is 0 Å². The fraction of sp³-hybridized carbons (Fsp3) is 0.933. The second-order valence-electron chi connectivity index (χ2n) is 6.59. The molecule has 2 rings (SSSR count). The Morgan fingerprint density at radius 2 is 2.00 bits per heavy atom. The van der Waals surface area contributed by atoms with Gasteiger partial charge in [0.1, 0.15) is 9.84 Å². The van der Waals surface area contributed by atoms with E-state index in [1.807, 2.05) is 7.05 Å². The van der Waals surface area contributed by atoms with E-state index in [1.54, 1.807) is 0 Å². The fourth-order valence-corrected chi connectivity index (χ4v) is 3.95. The summed E-state index contributed by atoms with van der Waals surface area (Å²) in [5, 5.41) is 3.32. The number of hydrogen-bond acceptors (Lipinski definition) is 4. The largest absolute Gasteiger partial charge is 0.379 e. The van der Waals surface area contributed by atoms with Crippen LogP contribution in [0, 0.1) is 5.41 Å². The highest BCUT2D eigenvalue weighted by Crippen LogP contribution is 2.45. The molecule has 6 nitrogen and oxygen atoms in total. The second-order valence-corrected chi connectivity index (χ2v) is 8.85.